The predicted octanol–water partition coefficient (Wildman–Crippen LogP) is 5.65. The van der Waals surface area contributed by atoms with Gasteiger partial charge in [0.1, 0.15) is 23.8 Å². The second-order valence-corrected chi connectivity index (χ2v) is 9.61. The van der Waals surface area contributed by atoms with Crippen molar-refractivity contribution in [3.05, 3.63) is 53.4 Å². The molecule has 5 rings (SSSR count). The predicted molar refractivity (Wildman–Crippen MR) is 133 cm³/mol. The second-order valence-electron chi connectivity index (χ2n) is 9.61. The molecule has 38 heavy (non-hydrogen) atoms. The minimum absolute atomic E-state index is 0.0431. The Hall–Kier alpha value is -3.54. The first kappa shape index (κ1) is 26.1. The molecule has 12 heteroatoms. The van der Waals surface area contributed by atoms with E-state index in [1.165, 1.54) is 12.1 Å². The number of piperidine rings is 1. The van der Waals surface area contributed by atoms with Crippen molar-refractivity contribution in [2.24, 2.45) is 0 Å². The van der Waals surface area contributed by atoms with Crippen LogP contribution in [0.15, 0.2) is 30.5 Å². The zero-order valence-corrected chi connectivity index (χ0v) is 20.9. The Morgan fingerprint density at radius 1 is 1.08 bits per heavy atom. The first-order chi connectivity index (χ1) is 18.1. The lowest BCUT2D eigenvalue weighted by atomic mass is 9.89. The van der Waals surface area contributed by atoms with Crippen molar-refractivity contribution >= 4 is 17.5 Å². The first-order valence-corrected chi connectivity index (χ1v) is 12.4. The number of anilines is 3. The number of nitrogens with zero attached hydrogens (tertiary/aromatic N) is 4. The van der Waals surface area contributed by atoms with Crippen molar-refractivity contribution in [2.45, 2.75) is 44.8 Å². The molecule has 4 heterocycles. The highest BCUT2D eigenvalue weighted by molar-refractivity contribution is 5.73. The normalized spacial score (nSPS) is 16.4. The SMILES string of the molecule is CC(C)N1CCOc2c(F)cc(-c3nc(Nc4ccc(C5CCNCC5)c(C(F)(F)F)n4)ncc3F)cc21. The fourth-order valence-corrected chi connectivity index (χ4v) is 4.95. The minimum Gasteiger partial charge on any atom is -0.486 e. The van der Waals surface area contributed by atoms with Gasteiger partial charge in [-0.25, -0.2) is 23.7 Å². The number of hydrogen-bond acceptors (Lipinski definition) is 7. The van der Waals surface area contributed by atoms with Gasteiger partial charge in [-0.2, -0.15) is 13.2 Å². The minimum atomic E-state index is -4.66. The number of fused-ring (bicyclic) bond motifs is 1. The maximum absolute atomic E-state index is 14.9. The van der Waals surface area contributed by atoms with Gasteiger partial charge in [0.05, 0.1) is 18.4 Å². The lowest BCUT2D eigenvalue weighted by Gasteiger charge is -2.34. The fraction of sp³-hybridized carbons (Fsp3) is 0.423. The van der Waals surface area contributed by atoms with Gasteiger partial charge in [0.25, 0.3) is 0 Å². The molecule has 1 saturated heterocycles. The van der Waals surface area contributed by atoms with Crippen LogP contribution in [0.4, 0.5) is 39.4 Å². The highest BCUT2D eigenvalue weighted by Crippen LogP contribution is 2.40. The van der Waals surface area contributed by atoms with Gasteiger partial charge in [0, 0.05) is 11.6 Å². The number of alkyl halides is 3. The summed E-state index contributed by atoms with van der Waals surface area (Å²) in [5.41, 5.74) is -0.417. The summed E-state index contributed by atoms with van der Waals surface area (Å²) in [7, 11) is 0. The van der Waals surface area contributed by atoms with Crippen molar-refractivity contribution in [1.29, 1.82) is 0 Å². The molecule has 1 aromatic carbocycles. The van der Waals surface area contributed by atoms with Crippen molar-refractivity contribution in [3.8, 4) is 17.0 Å². The molecule has 0 aliphatic carbocycles. The van der Waals surface area contributed by atoms with E-state index >= 15 is 0 Å². The van der Waals surface area contributed by atoms with E-state index in [9.17, 15) is 22.0 Å². The number of benzene rings is 1. The summed E-state index contributed by atoms with van der Waals surface area (Å²) in [6, 6.07) is 5.58. The van der Waals surface area contributed by atoms with Crippen LogP contribution in [0.1, 0.15) is 43.9 Å². The van der Waals surface area contributed by atoms with Crippen molar-refractivity contribution < 1.29 is 26.7 Å². The van der Waals surface area contributed by atoms with Crippen LogP contribution in [-0.2, 0) is 6.18 Å². The summed E-state index contributed by atoms with van der Waals surface area (Å²) in [6.45, 7) is 6.03. The molecule has 2 N–H and O–H groups in total. The zero-order valence-electron chi connectivity index (χ0n) is 20.9. The number of nitrogens with one attached hydrogen (secondary N) is 2. The fourth-order valence-electron chi connectivity index (χ4n) is 4.95. The number of halogens is 5. The molecule has 3 aromatic rings. The standard InChI is InChI=1S/C26H27F5N6O/c1-14(2)37-9-10-38-23-18(27)11-16(12-20(23)37)22-19(28)13-33-25(36-22)35-21-4-3-17(15-5-7-32-8-6-15)24(34-21)26(29,30)31/h3-4,11-15,32H,5-10H2,1-2H3,(H,33,34,35,36). The largest absolute Gasteiger partial charge is 0.486 e. The van der Waals surface area contributed by atoms with E-state index in [4.69, 9.17) is 4.74 Å². The Morgan fingerprint density at radius 2 is 1.84 bits per heavy atom. The quantitative estimate of drug-likeness (QED) is 0.410. The van der Waals surface area contributed by atoms with Crippen LogP contribution >= 0.6 is 0 Å². The number of hydrogen-bond donors (Lipinski definition) is 2. The van der Waals surface area contributed by atoms with E-state index < -0.39 is 23.5 Å². The maximum Gasteiger partial charge on any atom is 0.433 e. The molecule has 0 saturated carbocycles. The van der Waals surface area contributed by atoms with Crippen molar-refractivity contribution in [3.63, 3.8) is 0 Å². The molecule has 2 aromatic heterocycles. The first-order valence-electron chi connectivity index (χ1n) is 12.4. The average Bonchev–Trinajstić information content (AvgIpc) is 2.89. The third kappa shape index (κ3) is 5.22. The molecule has 0 radical (unpaired) electrons. The molecule has 202 valence electrons. The third-order valence-corrected chi connectivity index (χ3v) is 6.77. The number of ether oxygens (including phenoxy) is 1. The molecule has 0 atom stereocenters. The van der Waals surface area contributed by atoms with E-state index in [0.717, 1.165) is 12.3 Å². The van der Waals surface area contributed by atoms with Gasteiger partial charge < -0.3 is 20.3 Å². The van der Waals surface area contributed by atoms with Gasteiger partial charge in [-0.05, 0) is 69.5 Å². The molecule has 2 aliphatic rings. The van der Waals surface area contributed by atoms with Crippen molar-refractivity contribution in [1.82, 2.24) is 20.3 Å². The molecular formula is C26H27F5N6O. The highest BCUT2D eigenvalue weighted by Gasteiger charge is 2.38. The molecule has 7 nitrogen and oxygen atoms in total. The summed E-state index contributed by atoms with van der Waals surface area (Å²) in [6.07, 6.45) is -2.61. The monoisotopic (exact) mass is 534 g/mol. The molecule has 0 unspecified atom stereocenters. The van der Waals surface area contributed by atoms with E-state index in [-0.39, 0.29) is 46.3 Å². The molecule has 0 spiro atoms. The molecule has 0 bridgehead atoms. The Kier molecular flexibility index (Phi) is 7.08. The molecule has 2 aliphatic heterocycles. The van der Waals surface area contributed by atoms with Crippen LogP contribution in [0.2, 0.25) is 0 Å². The Bertz CT molecular complexity index is 1330. The molecule has 1 fully saturated rings. The average molecular weight is 535 g/mol. The lowest BCUT2D eigenvalue weighted by Crippen LogP contribution is -2.38. The summed E-state index contributed by atoms with van der Waals surface area (Å²) in [5.74, 6) is -1.96. The number of pyridine rings is 1. The third-order valence-electron chi connectivity index (χ3n) is 6.77. The summed E-state index contributed by atoms with van der Waals surface area (Å²) in [5, 5.41) is 5.79. The van der Waals surface area contributed by atoms with Crippen LogP contribution in [0, 0.1) is 11.6 Å². The van der Waals surface area contributed by atoms with E-state index in [0.29, 0.717) is 44.8 Å². The van der Waals surface area contributed by atoms with E-state index in [1.807, 2.05) is 18.7 Å². The number of rotatable bonds is 5. The van der Waals surface area contributed by atoms with Gasteiger partial charge in [-0.3, -0.25) is 0 Å². The smallest absolute Gasteiger partial charge is 0.433 e. The van der Waals surface area contributed by atoms with E-state index in [2.05, 4.69) is 25.6 Å². The van der Waals surface area contributed by atoms with Crippen LogP contribution in [0.3, 0.4) is 0 Å². The van der Waals surface area contributed by atoms with Crippen LogP contribution in [0.25, 0.3) is 11.3 Å². The molecular weight excluding hydrogens is 507 g/mol. The Balaban J connectivity index is 1.48. The molecule has 0 amide bonds. The van der Waals surface area contributed by atoms with Gasteiger partial charge in [0.15, 0.2) is 17.4 Å². The lowest BCUT2D eigenvalue weighted by molar-refractivity contribution is -0.142. The zero-order chi connectivity index (χ0) is 27.0. The second kappa shape index (κ2) is 10.3. The Morgan fingerprint density at radius 3 is 2.55 bits per heavy atom. The van der Waals surface area contributed by atoms with Crippen molar-refractivity contribution in [2.75, 3.05) is 36.5 Å². The topological polar surface area (TPSA) is 75.2 Å². The highest BCUT2D eigenvalue weighted by atomic mass is 19.4. The Labute approximate surface area is 216 Å². The van der Waals surface area contributed by atoms with Gasteiger partial charge in [0.2, 0.25) is 5.95 Å². The van der Waals surface area contributed by atoms with Gasteiger partial charge in [-0.1, -0.05) is 6.07 Å². The van der Waals surface area contributed by atoms with Crippen LogP contribution < -0.4 is 20.3 Å². The number of aromatic nitrogens is 3. The maximum atomic E-state index is 14.9. The summed E-state index contributed by atoms with van der Waals surface area (Å²) in [4.78, 5) is 13.8. The van der Waals surface area contributed by atoms with Gasteiger partial charge >= 0.3 is 6.18 Å². The van der Waals surface area contributed by atoms with E-state index in [1.54, 1.807) is 6.07 Å². The van der Waals surface area contributed by atoms with Crippen LogP contribution in [0.5, 0.6) is 5.75 Å². The van der Waals surface area contributed by atoms with Crippen LogP contribution in [-0.4, -0.2) is 47.2 Å². The summed E-state index contributed by atoms with van der Waals surface area (Å²) < 4.78 is 76.9. The van der Waals surface area contributed by atoms with Gasteiger partial charge in [-0.15, -0.1) is 0 Å². The summed E-state index contributed by atoms with van der Waals surface area (Å²) >= 11 is 0.